The molecule has 0 saturated heterocycles. The topological polar surface area (TPSA) is 38.5 Å². The molecule has 1 unspecified atom stereocenters. The number of ether oxygens (including phenoxy) is 1. The largest absolute Gasteiger partial charge is 0.380 e. The summed E-state index contributed by atoms with van der Waals surface area (Å²) in [6.07, 6.45) is 9.19. The van der Waals surface area contributed by atoms with E-state index in [9.17, 15) is 0 Å². The van der Waals surface area contributed by atoms with Crippen LogP contribution in [0.25, 0.3) is 0 Å². The van der Waals surface area contributed by atoms with Gasteiger partial charge in [-0.3, -0.25) is 4.90 Å². The fourth-order valence-electron chi connectivity index (χ4n) is 2.39. The standard InChI is InChI=1S/C16H34N2O/c1-4-5-6-7-10-16(2,14-17)18(3)11-12-19-13-15-8-9-15/h15H,4-14,17H2,1-3H3. The minimum absolute atomic E-state index is 0.136. The van der Waals surface area contributed by atoms with Crippen molar-refractivity contribution < 1.29 is 4.74 Å². The first kappa shape index (κ1) is 16.9. The minimum Gasteiger partial charge on any atom is -0.380 e. The lowest BCUT2D eigenvalue weighted by molar-refractivity contribution is 0.0613. The van der Waals surface area contributed by atoms with E-state index in [1.165, 1.54) is 44.9 Å². The van der Waals surface area contributed by atoms with Crippen LogP contribution in [0.1, 0.15) is 58.8 Å². The first-order valence-electron chi connectivity index (χ1n) is 8.11. The Bertz CT molecular complexity index is 231. The quantitative estimate of drug-likeness (QED) is 0.554. The third kappa shape index (κ3) is 6.73. The van der Waals surface area contributed by atoms with Crippen LogP contribution in [-0.2, 0) is 4.74 Å². The molecule has 1 aliphatic carbocycles. The highest BCUT2D eigenvalue weighted by Gasteiger charge is 2.27. The molecule has 0 bridgehead atoms. The third-order valence-corrected chi connectivity index (χ3v) is 4.55. The Morgan fingerprint density at radius 3 is 2.58 bits per heavy atom. The lowest BCUT2D eigenvalue weighted by Crippen LogP contribution is -2.50. The molecule has 3 nitrogen and oxygen atoms in total. The third-order valence-electron chi connectivity index (χ3n) is 4.55. The van der Waals surface area contributed by atoms with E-state index in [1.54, 1.807) is 0 Å². The van der Waals surface area contributed by atoms with Crippen molar-refractivity contribution in [2.45, 2.75) is 64.3 Å². The molecule has 0 aliphatic heterocycles. The van der Waals surface area contributed by atoms with Gasteiger partial charge < -0.3 is 10.5 Å². The van der Waals surface area contributed by atoms with Gasteiger partial charge in [0, 0.05) is 25.2 Å². The van der Waals surface area contributed by atoms with Gasteiger partial charge in [-0.25, -0.2) is 0 Å². The first-order chi connectivity index (χ1) is 9.12. The van der Waals surface area contributed by atoms with E-state index in [4.69, 9.17) is 10.5 Å². The van der Waals surface area contributed by atoms with Crippen LogP contribution in [0.15, 0.2) is 0 Å². The Hall–Kier alpha value is -0.120. The van der Waals surface area contributed by atoms with Crippen LogP contribution in [0.2, 0.25) is 0 Å². The molecule has 1 rings (SSSR count). The summed E-state index contributed by atoms with van der Waals surface area (Å²) in [4.78, 5) is 2.39. The molecule has 19 heavy (non-hydrogen) atoms. The summed E-state index contributed by atoms with van der Waals surface area (Å²) < 4.78 is 5.73. The van der Waals surface area contributed by atoms with E-state index in [2.05, 4.69) is 25.8 Å². The van der Waals surface area contributed by atoms with Crippen molar-refractivity contribution >= 4 is 0 Å². The molecule has 0 aromatic heterocycles. The molecule has 1 atom stereocenters. The average molecular weight is 270 g/mol. The van der Waals surface area contributed by atoms with Crippen molar-refractivity contribution in [3.8, 4) is 0 Å². The fraction of sp³-hybridized carbons (Fsp3) is 1.00. The summed E-state index contributed by atoms with van der Waals surface area (Å²) >= 11 is 0. The summed E-state index contributed by atoms with van der Waals surface area (Å²) in [5, 5.41) is 0. The number of hydrogen-bond donors (Lipinski definition) is 1. The molecule has 1 aliphatic rings. The Kier molecular flexibility index (Phi) is 7.96. The Morgan fingerprint density at radius 2 is 2.00 bits per heavy atom. The number of unbranched alkanes of at least 4 members (excludes halogenated alkanes) is 3. The fourth-order valence-corrected chi connectivity index (χ4v) is 2.39. The molecule has 114 valence electrons. The van der Waals surface area contributed by atoms with Crippen molar-refractivity contribution in [2.75, 3.05) is 33.4 Å². The van der Waals surface area contributed by atoms with E-state index in [-0.39, 0.29) is 5.54 Å². The lowest BCUT2D eigenvalue weighted by Gasteiger charge is -2.38. The maximum atomic E-state index is 6.00. The van der Waals surface area contributed by atoms with Crippen LogP contribution in [0.5, 0.6) is 0 Å². The van der Waals surface area contributed by atoms with E-state index in [0.717, 1.165) is 32.2 Å². The highest BCUT2D eigenvalue weighted by atomic mass is 16.5. The van der Waals surface area contributed by atoms with Gasteiger partial charge in [-0.15, -0.1) is 0 Å². The van der Waals surface area contributed by atoms with Crippen LogP contribution in [-0.4, -0.2) is 43.8 Å². The number of likely N-dealkylation sites (N-methyl/N-ethyl adjacent to an activating group) is 1. The molecule has 0 spiro atoms. The molecular formula is C16H34N2O. The first-order valence-corrected chi connectivity index (χ1v) is 8.11. The van der Waals surface area contributed by atoms with Gasteiger partial charge in [0.05, 0.1) is 6.61 Å². The summed E-state index contributed by atoms with van der Waals surface area (Å²) in [7, 11) is 2.19. The molecule has 0 amide bonds. The predicted molar refractivity (Wildman–Crippen MR) is 82.4 cm³/mol. The number of rotatable bonds is 12. The summed E-state index contributed by atoms with van der Waals surface area (Å²) in [6.45, 7) is 8.08. The predicted octanol–water partition coefficient (Wildman–Crippen LogP) is 3.03. The van der Waals surface area contributed by atoms with Gasteiger partial charge in [-0.1, -0.05) is 32.6 Å². The minimum atomic E-state index is 0.136. The molecule has 3 heteroatoms. The van der Waals surface area contributed by atoms with Gasteiger partial charge in [0.25, 0.3) is 0 Å². The van der Waals surface area contributed by atoms with Crippen molar-refractivity contribution in [3.63, 3.8) is 0 Å². The second kappa shape index (κ2) is 8.93. The summed E-state index contributed by atoms with van der Waals surface area (Å²) in [5.41, 5.74) is 6.14. The van der Waals surface area contributed by atoms with Crippen molar-refractivity contribution in [1.29, 1.82) is 0 Å². The Balaban J connectivity index is 2.16. The van der Waals surface area contributed by atoms with Crippen molar-refractivity contribution in [3.05, 3.63) is 0 Å². The number of nitrogens with two attached hydrogens (primary N) is 1. The van der Waals surface area contributed by atoms with E-state index < -0.39 is 0 Å². The Labute approximate surface area is 119 Å². The summed E-state index contributed by atoms with van der Waals surface area (Å²) in [6, 6.07) is 0. The molecule has 0 aromatic carbocycles. The number of nitrogens with zero attached hydrogens (tertiary/aromatic N) is 1. The highest BCUT2D eigenvalue weighted by Crippen LogP contribution is 2.28. The number of hydrogen-bond acceptors (Lipinski definition) is 3. The maximum Gasteiger partial charge on any atom is 0.0593 e. The zero-order valence-electron chi connectivity index (χ0n) is 13.3. The van der Waals surface area contributed by atoms with Crippen molar-refractivity contribution in [1.82, 2.24) is 4.90 Å². The average Bonchev–Trinajstić information content (AvgIpc) is 3.23. The Morgan fingerprint density at radius 1 is 1.26 bits per heavy atom. The lowest BCUT2D eigenvalue weighted by atomic mass is 9.92. The molecule has 1 saturated carbocycles. The van der Waals surface area contributed by atoms with Gasteiger partial charge in [-0.05, 0) is 39.2 Å². The van der Waals surface area contributed by atoms with E-state index >= 15 is 0 Å². The molecular weight excluding hydrogens is 236 g/mol. The van der Waals surface area contributed by atoms with Gasteiger partial charge in [0.15, 0.2) is 0 Å². The van der Waals surface area contributed by atoms with Gasteiger partial charge >= 0.3 is 0 Å². The maximum absolute atomic E-state index is 6.00. The van der Waals surface area contributed by atoms with Crippen LogP contribution in [0.3, 0.4) is 0 Å². The molecule has 1 fully saturated rings. The van der Waals surface area contributed by atoms with Crippen LogP contribution in [0, 0.1) is 5.92 Å². The highest BCUT2D eigenvalue weighted by molar-refractivity contribution is 4.85. The zero-order chi connectivity index (χ0) is 14.1. The molecule has 0 radical (unpaired) electrons. The van der Waals surface area contributed by atoms with Gasteiger partial charge in [-0.2, -0.15) is 0 Å². The van der Waals surface area contributed by atoms with Gasteiger partial charge in [0.1, 0.15) is 0 Å². The van der Waals surface area contributed by atoms with Crippen LogP contribution in [0.4, 0.5) is 0 Å². The molecule has 2 N–H and O–H groups in total. The van der Waals surface area contributed by atoms with Gasteiger partial charge in [0.2, 0.25) is 0 Å². The second-order valence-electron chi connectivity index (χ2n) is 6.45. The van der Waals surface area contributed by atoms with E-state index in [1.807, 2.05) is 0 Å². The molecule has 0 aromatic rings. The SMILES string of the molecule is CCCCCCC(C)(CN)N(C)CCOCC1CC1. The smallest absolute Gasteiger partial charge is 0.0593 e. The van der Waals surface area contributed by atoms with E-state index in [0.29, 0.717) is 0 Å². The second-order valence-corrected chi connectivity index (χ2v) is 6.45. The zero-order valence-corrected chi connectivity index (χ0v) is 13.3. The molecule has 0 heterocycles. The normalized spacial score (nSPS) is 18.8. The van der Waals surface area contributed by atoms with Crippen LogP contribution >= 0.6 is 0 Å². The van der Waals surface area contributed by atoms with Crippen molar-refractivity contribution in [2.24, 2.45) is 11.7 Å². The van der Waals surface area contributed by atoms with Crippen LogP contribution < -0.4 is 5.73 Å². The summed E-state index contributed by atoms with van der Waals surface area (Å²) in [5.74, 6) is 0.861. The monoisotopic (exact) mass is 270 g/mol.